The summed E-state index contributed by atoms with van der Waals surface area (Å²) in [6.45, 7) is 4.09. The van der Waals surface area contributed by atoms with Crippen molar-refractivity contribution >= 4 is 23.2 Å². The molecule has 114 valence electrons. The molecule has 1 atom stereocenters. The van der Waals surface area contributed by atoms with E-state index in [1.54, 1.807) is 4.90 Å². The number of hydrogen-bond donors (Lipinski definition) is 0. The Morgan fingerprint density at radius 3 is 2.81 bits per heavy atom. The molecule has 0 aromatic heterocycles. The third-order valence-corrected chi connectivity index (χ3v) is 4.26. The van der Waals surface area contributed by atoms with Crippen molar-refractivity contribution in [2.24, 2.45) is 0 Å². The number of carbonyl (C=O) groups is 1. The molecule has 7 heteroatoms. The van der Waals surface area contributed by atoms with Gasteiger partial charge in [-0.15, -0.1) is 0 Å². The molecule has 1 aromatic rings. The van der Waals surface area contributed by atoms with Crippen LogP contribution in [0.5, 0.6) is 0 Å². The van der Waals surface area contributed by atoms with E-state index in [2.05, 4.69) is 11.8 Å². The van der Waals surface area contributed by atoms with Crippen LogP contribution in [0.1, 0.15) is 23.7 Å². The number of amides is 1. The van der Waals surface area contributed by atoms with Gasteiger partial charge in [-0.3, -0.25) is 19.8 Å². The maximum atomic E-state index is 12.6. The van der Waals surface area contributed by atoms with Crippen LogP contribution in [0, 0.1) is 10.1 Å². The van der Waals surface area contributed by atoms with Gasteiger partial charge in [-0.2, -0.15) is 0 Å². The Hall–Kier alpha value is -1.66. The summed E-state index contributed by atoms with van der Waals surface area (Å²) in [4.78, 5) is 26.8. The van der Waals surface area contributed by atoms with E-state index in [1.165, 1.54) is 18.2 Å². The zero-order chi connectivity index (χ0) is 15.6. The summed E-state index contributed by atoms with van der Waals surface area (Å²) in [6, 6.07) is 4.27. The molecule has 0 spiro atoms. The molecule has 0 bridgehead atoms. The molecular formula is C14H18ClN3O3. The Balaban J connectivity index is 2.24. The van der Waals surface area contributed by atoms with Gasteiger partial charge in [0.1, 0.15) is 0 Å². The molecule has 1 heterocycles. The van der Waals surface area contributed by atoms with E-state index in [-0.39, 0.29) is 22.2 Å². The standard InChI is InChI=1S/C14H18ClN3O3/c1-3-10-9-17(7-6-16(10)2)14(19)12-8-11(18(20)21)4-5-13(12)15/h4-5,8,10H,3,6-7,9H2,1-2H3. The van der Waals surface area contributed by atoms with Gasteiger partial charge in [-0.05, 0) is 19.5 Å². The first-order chi connectivity index (χ1) is 9.93. The topological polar surface area (TPSA) is 66.7 Å². The molecule has 1 fully saturated rings. The van der Waals surface area contributed by atoms with Gasteiger partial charge in [0, 0.05) is 37.8 Å². The number of likely N-dealkylation sites (N-methyl/N-ethyl adjacent to an activating group) is 1. The highest BCUT2D eigenvalue weighted by Crippen LogP contribution is 2.24. The van der Waals surface area contributed by atoms with Crippen LogP contribution in [0.4, 0.5) is 5.69 Å². The van der Waals surface area contributed by atoms with Crippen molar-refractivity contribution in [3.05, 3.63) is 38.9 Å². The van der Waals surface area contributed by atoms with Crippen LogP contribution in [-0.2, 0) is 0 Å². The predicted octanol–water partition coefficient (Wildman–Crippen LogP) is 2.41. The third-order valence-electron chi connectivity index (χ3n) is 3.93. The van der Waals surface area contributed by atoms with Gasteiger partial charge in [-0.25, -0.2) is 0 Å². The summed E-state index contributed by atoms with van der Waals surface area (Å²) in [5, 5.41) is 11.1. The minimum atomic E-state index is -0.522. The average Bonchev–Trinajstić information content (AvgIpc) is 2.47. The molecule has 0 N–H and O–H groups in total. The van der Waals surface area contributed by atoms with Crippen LogP contribution >= 0.6 is 11.6 Å². The van der Waals surface area contributed by atoms with Crippen LogP contribution in [0.15, 0.2) is 18.2 Å². The second-order valence-electron chi connectivity index (χ2n) is 5.22. The lowest BCUT2D eigenvalue weighted by molar-refractivity contribution is -0.384. The van der Waals surface area contributed by atoms with E-state index in [0.717, 1.165) is 13.0 Å². The zero-order valence-corrected chi connectivity index (χ0v) is 12.8. The smallest absolute Gasteiger partial charge is 0.270 e. The van der Waals surface area contributed by atoms with Crippen molar-refractivity contribution < 1.29 is 9.72 Å². The van der Waals surface area contributed by atoms with Gasteiger partial charge in [0.2, 0.25) is 0 Å². The molecule has 1 amide bonds. The number of non-ortho nitro benzene ring substituents is 1. The van der Waals surface area contributed by atoms with Gasteiger partial charge in [0.15, 0.2) is 0 Å². The summed E-state index contributed by atoms with van der Waals surface area (Å²) >= 11 is 6.03. The van der Waals surface area contributed by atoms with Crippen molar-refractivity contribution in [2.75, 3.05) is 26.7 Å². The van der Waals surface area contributed by atoms with Gasteiger partial charge >= 0.3 is 0 Å². The molecule has 0 saturated carbocycles. The molecule has 1 aliphatic rings. The molecule has 0 aliphatic carbocycles. The highest BCUT2D eigenvalue weighted by Gasteiger charge is 2.28. The number of nitrogens with zero attached hydrogens (tertiary/aromatic N) is 3. The van der Waals surface area contributed by atoms with E-state index in [4.69, 9.17) is 11.6 Å². The summed E-state index contributed by atoms with van der Waals surface area (Å²) in [7, 11) is 2.04. The number of benzene rings is 1. The fraction of sp³-hybridized carbons (Fsp3) is 0.500. The highest BCUT2D eigenvalue weighted by molar-refractivity contribution is 6.33. The lowest BCUT2D eigenvalue weighted by Gasteiger charge is -2.39. The fourth-order valence-electron chi connectivity index (χ4n) is 2.53. The van der Waals surface area contributed by atoms with Crippen LogP contribution < -0.4 is 0 Å². The molecular weight excluding hydrogens is 294 g/mol. The molecule has 6 nitrogen and oxygen atoms in total. The molecule has 1 aromatic carbocycles. The largest absolute Gasteiger partial charge is 0.336 e. The Morgan fingerprint density at radius 2 is 2.19 bits per heavy atom. The van der Waals surface area contributed by atoms with E-state index in [9.17, 15) is 14.9 Å². The van der Waals surface area contributed by atoms with Crippen molar-refractivity contribution in [1.82, 2.24) is 9.80 Å². The first kappa shape index (κ1) is 15.7. The predicted molar refractivity (Wildman–Crippen MR) is 80.7 cm³/mol. The third kappa shape index (κ3) is 3.33. The molecule has 2 rings (SSSR count). The van der Waals surface area contributed by atoms with Crippen LogP contribution in [-0.4, -0.2) is 53.4 Å². The maximum Gasteiger partial charge on any atom is 0.270 e. The van der Waals surface area contributed by atoms with Crippen molar-refractivity contribution in [2.45, 2.75) is 19.4 Å². The number of rotatable bonds is 3. The second-order valence-corrected chi connectivity index (χ2v) is 5.62. The fourth-order valence-corrected chi connectivity index (χ4v) is 2.73. The summed E-state index contributed by atoms with van der Waals surface area (Å²) < 4.78 is 0. The molecule has 1 aliphatic heterocycles. The van der Waals surface area contributed by atoms with E-state index >= 15 is 0 Å². The normalized spacial score (nSPS) is 19.6. The van der Waals surface area contributed by atoms with Gasteiger partial charge in [0.05, 0.1) is 15.5 Å². The summed E-state index contributed by atoms with van der Waals surface area (Å²) in [6.07, 6.45) is 0.947. The Labute approximate surface area is 128 Å². The first-order valence-corrected chi connectivity index (χ1v) is 7.25. The van der Waals surface area contributed by atoms with Crippen molar-refractivity contribution in [3.8, 4) is 0 Å². The monoisotopic (exact) mass is 311 g/mol. The van der Waals surface area contributed by atoms with Gasteiger partial charge in [0.25, 0.3) is 11.6 Å². The molecule has 0 radical (unpaired) electrons. The minimum absolute atomic E-state index is 0.121. The van der Waals surface area contributed by atoms with E-state index in [1.807, 2.05) is 7.05 Å². The van der Waals surface area contributed by atoms with E-state index < -0.39 is 4.92 Å². The number of piperazine rings is 1. The lowest BCUT2D eigenvalue weighted by atomic mass is 10.1. The van der Waals surface area contributed by atoms with Crippen molar-refractivity contribution in [3.63, 3.8) is 0 Å². The summed E-state index contributed by atoms with van der Waals surface area (Å²) in [5.41, 5.74) is 0.0780. The Kier molecular flexibility index (Phi) is 4.80. The average molecular weight is 312 g/mol. The van der Waals surface area contributed by atoms with Gasteiger partial charge in [-0.1, -0.05) is 18.5 Å². The number of carbonyl (C=O) groups excluding carboxylic acids is 1. The first-order valence-electron chi connectivity index (χ1n) is 6.87. The summed E-state index contributed by atoms with van der Waals surface area (Å²) in [5.74, 6) is -0.241. The molecule has 21 heavy (non-hydrogen) atoms. The Morgan fingerprint density at radius 1 is 1.48 bits per heavy atom. The Bertz CT molecular complexity index is 564. The van der Waals surface area contributed by atoms with Crippen molar-refractivity contribution in [1.29, 1.82) is 0 Å². The zero-order valence-electron chi connectivity index (χ0n) is 12.1. The lowest BCUT2D eigenvalue weighted by Crippen LogP contribution is -2.53. The number of nitro benzene ring substituents is 1. The molecule has 1 saturated heterocycles. The highest BCUT2D eigenvalue weighted by atomic mass is 35.5. The minimum Gasteiger partial charge on any atom is -0.336 e. The SMILES string of the molecule is CCC1CN(C(=O)c2cc([N+](=O)[O-])ccc2Cl)CCN1C. The quantitative estimate of drug-likeness (QED) is 0.635. The molecule has 1 unspecified atom stereocenters. The number of nitro groups is 1. The maximum absolute atomic E-state index is 12.6. The van der Waals surface area contributed by atoms with Crippen LogP contribution in [0.3, 0.4) is 0 Å². The number of hydrogen-bond acceptors (Lipinski definition) is 4. The van der Waals surface area contributed by atoms with Gasteiger partial charge < -0.3 is 4.90 Å². The van der Waals surface area contributed by atoms with Crippen LogP contribution in [0.25, 0.3) is 0 Å². The second kappa shape index (κ2) is 6.41. The van der Waals surface area contributed by atoms with Crippen LogP contribution in [0.2, 0.25) is 5.02 Å². The number of halogens is 1. The van der Waals surface area contributed by atoms with E-state index in [0.29, 0.717) is 19.1 Å².